The van der Waals surface area contributed by atoms with E-state index in [2.05, 4.69) is 5.10 Å². The van der Waals surface area contributed by atoms with Crippen LogP contribution in [-0.4, -0.2) is 15.6 Å². The number of benzene rings is 1. The van der Waals surface area contributed by atoms with E-state index in [1.807, 2.05) is 13.8 Å². The summed E-state index contributed by atoms with van der Waals surface area (Å²) >= 11 is 6.14. The van der Waals surface area contributed by atoms with Crippen LogP contribution >= 0.6 is 11.6 Å². The third kappa shape index (κ3) is 2.49. The zero-order valence-electron chi connectivity index (χ0n) is 11.2. The molecule has 0 amide bonds. The Morgan fingerprint density at radius 2 is 2.11 bits per heavy atom. The third-order valence-electron chi connectivity index (χ3n) is 3.28. The van der Waals surface area contributed by atoms with Crippen LogP contribution in [0.15, 0.2) is 18.2 Å². The van der Waals surface area contributed by atoms with Gasteiger partial charge in [-0.15, -0.1) is 0 Å². The Balaban J connectivity index is 2.34. The van der Waals surface area contributed by atoms with Crippen LogP contribution in [0, 0.1) is 13.8 Å². The Morgan fingerprint density at radius 1 is 1.42 bits per heavy atom. The van der Waals surface area contributed by atoms with Gasteiger partial charge >= 0.3 is 0 Å². The van der Waals surface area contributed by atoms with Crippen molar-refractivity contribution in [3.05, 3.63) is 45.7 Å². The maximum atomic E-state index is 12.3. The van der Waals surface area contributed by atoms with E-state index in [4.69, 9.17) is 17.3 Å². The number of aryl methyl sites for hydroxylation is 2. The molecule has 0 aliphatic carbocycles. The fourth-order valence-electron chi connectivity index (χ4n) is 2.09. The van der Waals surface area contributed by atoms with E-state index in [0.717, 1.165) is 16.8 Å². The molecule has 1 heterocycles. The van der Waals surface area contributed by atoms with Gasteiger partial charge in [-0.05, 0) is 25.5 Å². The van der Waals surface area contributed by atoms with Crippen LogP contribution in [0.5, 0.6) is 0 Å². The highest BCUT2D eigenvalue weighted by Crippen LogP contribution is 2.23. The Hall–Kier alpha value is -1.81. The average molecular weight is 278 g/mol. The van der Waals surface area contributed by atoms with Gasteiger partial charge in [-0.2, -0.15) is 5.10 Å². The van der Waals surface area contributed by atoms with Crippen LogP contribution in [0.4, 0.5) is 5.69 Å². The number of nitrogens with zero attached hydrogens (tertiary/aromatic N) is 2. The van der Waals surface area contributed by atoms with Gasteiger partial charge in [0.1, 0.15) is 5.15 Å². The number of hydrogen-bond donors (Lipinski definition) is 1. The number of Topliss-reactive ketones (excluding diaryl/α,β-unsaturated/α-hetero) is 1. The van der Waals surface area contributed by atoms with E-state index in [-0.39, 0.29) is 12.2 Å². The van der Waals surface area contributed by atoms with Crippen molar-refractivity contribution in [1.29, 1.82) is 0 Å². The largest absolute Gasteiger partial charge is 0.398 e. The maximum Gasteiger partial charge on any atom is 0.167 e. The number of carbonyl (C=O) groups excluding carboxylic acids is 1. The van der Waals surface area contributed by atoms with E-state index in [9.17, 15) is 4.79 Å². The molecule has 0 saturated carbocycles. The van der Waals surface area contributed by atoms with Crippen molar-refractivity contribution in [3.8, 4) is 0 Å². The second kappa shape index (κ2) is 5.05. The highest BCUT2D eigenvalue weighted by atomic mass is 35.5. The predicted octanol–water partition coefficient (Wildman–Crippen LogP) is 2.70. The molecule has 1 aromatic carbocycles. The highest BCUT2D eigenvalue weighted by molar-refractivity contribution is 6.30. The number of aromatic nitrogens is 2. The second-order valence-electron chi connectivity index (χ2n) is 4.60. The summed E-state index contributed by atoms with van der Waals surface area (Å²) in [6.07, 6.45) is 0.239. The molecular formula is C14H16ClN3O. The molecule has 2 aromatic rings. The Morgan fingerprint density at radius 3 is 2.68 bits per heavy atom. The van der Waals surface area contributed by atoms with Gasteiger partial charge in [-0.3, -0.25) is 9.48 Å². The van der Waals surface area contributed by atoms with E-state index >= 15 is 0 Å². The van der Waals surface area contributed by atoms with Gasteiger partial charge in [0.15, 0.2) is 5.78 Å². The minimum atomic E-state index is 0.00259. The Bertz CT molecular complexity index is 646. The minimum absolute atomic E-state index is 0.00259. The summed E-state index contributed by atoms with van der Waals surface area (Å²) < 4.78 is 1.58. The molecule has 0 spiro atoms. The molecule has 100 valence electrons. The van der Waals surface area contributed by atoms with Gasteiger partial charge < -0.3 is 5.73 Å². The number of rotatable bonds is 3. The number of nitrogen functional groups attached to an aromatic ring is 1. The fourth-order valence-corrected chi connectivity index (χ4v) is 2.33. The summed E-state index contributed by atoms with van der Waals surface area (Å²) in [5, 5.41) is 4.71. The van der Waals surface area contributed by atoms with Crippen LogP contribution in [-0.2, 0) is 13.5 Å². The summed E-state index contributed by atoms with van der Waals surface area (Å²) in [5.74, 6) is 0.00259. The molecule has 0 bridgehead atoms. The first-order valence-electron chi connectivity index (χ1n) is 5.98. The van der Waals surface area contributed by atoms with Crippen LogP contribution in [0.25, 0.3) is 0 Å². The molecule has 5 heteroatoms. The van der Waals surface area contributed by atoms with Crippen molar-refractivity contribution in [3.63, 3.8) is 0 Å². The summed E-state index contributed by atoms with van der Waals surface area (Å²) in [4.78, 5) is 12.3. The summed E-state index contributed by atoms with van der Waals surface area (Å²) in [6, 6.07) is 5.36. The van der Waals surface area contributed by atoms with Crippen molar-refractivity contribution >= 4 is 23.1 Å². The first-order chi connectivity index (χ1) is 8.91. The minimum Gasteiger partial charge on any atom is -0.398 e. The lowest BCUT2D eigenvalue weighted by atomic mass is 9.98. The lowest BCUT2D eigenvalue weighted by Crippen LogP contribution is -2.08. The van der Waals surface area contributed by atoms with Crippen molar-refractivity contribution in [2.24, 2.45) is 7.05 Å². The fraction of sp³-hybridized carbons (Fsp3) is 0.286. The second-order valence-corrected chi connectivity index (χ2v) is 4.96. The monoisotopic (exact) mass is 277 g/mol. The lowest BCUT2D eigenvalue weighted by molar-refractivity contribution is 0.0992. The third-order valence-corrected chi connectivity index (χ3v) is 3.76. The molecule has 0 fully saturated rings. The standard InChI is InChI=1S/C14H16ClN3O/c1-8-10(5-4-6-12(8)16)13(19)7-11-9(2)17-18(3)14(11)15/h4-6H,7,16H2,1-3H3. The molecule has 0 radical (unpaired) electrons. The van der Waals surface area contributed by atoms with Gasteiger partial charge in [0.2, 0.25) is 0 Å². The smallest absolute Gasteiger partial charge is 0.167 e. The molecule has 19 heavy (non-hydrogen) atoms. The van der Waals surface area contributed by atoms with Crippen LogP contribution in [0.3, 0.4) is 0 Å². The first-order valence-corrected chi connectivity index (χ1v) is 6.36. The average Bonchev–Trinajstić information content (AvgIpc) is 2.59. The number of nitrogens with two attached hydrogens (primary N) is 1. The van der Waals surface area contributed by atoms with Crippen LogP contribution in [0.1, 0.15) is 27.2 Å². The van der Waals surface area contributed by atoms with Gasteiger partial charge in [0, 0.05) is 30.3 Å². The molecule has 0 saturated heterocycles. The number of halogens is 1. The number of anilines is 1. The summed E-state index contributed by atoms with van der Waals surface area (Å²) in [5.41, 5.74) is 9.45. The number of hydrogen-bond acceptors (Lipinski definition) is 3. The van der Waals surface area contributed by atoms with Crippen LogP contribution < -0.4 is 5.73 Å². The van der Waals surface area contributed by atoms with E-state index in [1.165, 1.54) is 0 Å². The molecule has 0 unspecified atom stereocenters. The van der Waals surface area contributed by atoms with Gasteiger partial charge in [0.05, 0.1) is 5.69 Å². The van der Waals surface area contributed by atoms with E-state index in [1.54, 1.807) is 29.9 Å². The number of carbonyl (C=O) groups is 1. The molecule has 4 nitrogen and oxygen atoms in total. The molecule has 2 N–H and O–H groups in total. The Labute approximate surface area is 117 Å². The molecule has 1 aromatic heterocycles. The zero-order valence-corrected chi connectivity index (χ0v) is 12.0. The highest BCUT2D eigenvalue weighted by Gasteiger charge is 2.17. The SMILES string of the molecule is Cc1nn(C)c(Cl)c1CC(=O)c1cccc(N)c1C. The normalized spacial score (nSPS) is 10.7. The number of ketones is 1. The predicted molar refractivity (Wildman–Crippen MR) is 76.6 cm³/mol. The lowest BCUT2D eigenvalue weighted by Gasteiger charge is -2.07. The van der Waals surface area contributed by atoms with Gasteiger partial charge in [-0.25, -0.2) is 0 Å². The van der Waals surface area contributed by atoms with Crippen molar-refractivity contribution in [1.82, 2.24) is 9.78 Å². The maximum absolute atomic E-state index is 12.3. The zero-order chi connectivity index (χ0) is 14.2. The van der Waals surface area contributed by atoms with E-state index < -0.39 is 0 Å². The topological polar surface area (TPSA) is 60.9 Å². The molecular weight excluding hydrogens is 262 g/mol. The van der Waals surface area contributed by atoms with Gasteiger partial charge in [-0.1, -0.05) is 23.7 Å². The van der Waals surface area contributed by atoms with Gasteiger partial charge in [0.25, 0.3) is 0 Å². The summed E-state index contributed by atoms with van der Waals surface area (Å²) in [6.45, 7) is 3.70. The molecule has 0 aliphatic heterocycles. The van der Waals surface area contributed by atoms with Crippen LogP contribution in [0.2, 0.25) is 5.15 Å². The molecule has 0 aliphatic rings. The van der Waals surface area contributed by atoms with Crippen molar-refractivity contribution < 1.29 is 4.79 Å². The quantitative estimate of drug-likeness (QED) is 0.693. The van der Waals surface area contributed by atoms with E-state index in [0.29, 0.717) is 16.4 Å². The Kier molecular flexibility index (Phi) is 3.62. The molecule has 2 rings (SSSR count). The van der Waals surface area contributed by atoms with Crippen molar-refractivity contribution in [2.75, 3.05) is 5.73 Å². The first kappa shape index (κ1) is 13.6. The summed E-state index contributed by atoms with van der Waals surface area (Å²) in [7, 11) is 1.76. The van der Waals surface area contributed by atoms with Crippen molar-refractivity contribution in [2.45, 2.75) is 20.3 Å². The molecule has 0 atom stereocenters.